The summed E-state index contributed by atoms with van der Waals surface area (Å²) in [5.41, 5.74) is 4.06. The van der Waals surface area contributed by atoms with Crippen molar-refractivity contribution >= 4 is 5.71 Å². The van der Waals surface area contributed by atoms with Gasteiger partial charge in [-0.1, -0.05) is 18.2 Å². The van der Waals surface area contributed by atoms with E-state index in [-0.39, 0.29) is 6.61 Å². The molecule has 14 heavy (non-hydrogen) atoms. The Labute approximate surface area is 84.5 Å². The molecule has 0 amide bonds. The Morgan fingerprint density at radius 1 is 1.36 bits per heavy atom. The lowest BCUT2D eigenvalue weighted by Crippen LogP contribution is -2.30. The Morgan fingerprint density at radius 3 is 2.93 bits per heavy atom. The van der Waals surface area contributed by atoms with Gasteiger partial charge in [-0.05, 0) is 11.6 Å². The second-order valence-corrected chi connectivity index (χ2v) is 3.70. The zero-order valence-electron chi connectivity index (χ0n) is 8.53. The molecule has 2 heteroatoms. The molecule has 1 N–H and O–H groups in total. The van der Waals surface area contributed by atoms with Gasteiger partial charge in [0.1, 0.15) is 13.2 Å². The zero-order chi connectivity index (χ0) is 9.97. The number of hydrogen-bond acceptors (Lipinski definition) is 1. The van der Waals surface area contributed by atoms with Crippen molar-refractivity contribution in [2.24, 2.45) is 0 Å². The van der Waals surface area contributed by atoms with Crippen molar-refractivity contribution < 1.29 is 9.68 Å². The minimum atomic E-state index is 0.236. The summed E-state index contributed by atoms with van der Waals surface area (Å²) >= 11 is 0. The first kappa shape index (κ1) is 9.41. The third kappa shape index (κ3) is 1.58. The lowest BCUT2D eigenvalue weighted by Gasteiger charge is -2.15. The third-order valence-corrected chi connectivity index (χ3v) is 2.90. The molecular formula is C12H16NO+. The highest BCUT2D eigenvalue weighted by molar-refractivity contribution is 5.96. The van der Waals surface area contributed by atoms with Gasteiger partial charge in [-0.25, -0.2) is 4.58 Å². The van der Waals surface area contributed by atoms with Gasteiger partial charge in [0.15, 0.2) is 12.3 Å². The van der Waals surface area contributed by atoms with Gasteiger partial charge in [0, 0.05) is 18.9 Å². The fraction of sp³-hybridized carbons (Fsp3) is 0.417. The van der Waals surface area contributed by atoms with E-state index in [0.717, 1.165) is 19.5 Å². The molecule has 0 aromatic heterocycles. The third-order valence-electron chi connectivity index (χ3n) is 2.90. The highest BCUT2D eigenvalue weighted by atomic mass is 16.3. The minimum absolute atomic E-state index is 0.236. The number of nitrogens with zero attached hydrogens (tertiary/aromatic N) is 1. The Hall–Kier alpha value is -1.15. The SMILES string of the molecule is CC1=[N+](CCO)CCc2ccccc21. The van der Waals surface area contributed by atoms with E-state index in [0.29, 0.717) is 0 Å². The van der Waals surface area contributed by atoms with Gasteiger partial charge in [0.05, 0.1) is 0 Å². The van der Waals surface area contributed by atoms with Gasteiger partial charge < -0.3 is 5.11 Å². The summed E-state index contributed by atoms with van der Waals surface area (Å²) in [4.78, 5) is 0. The number of β-amino-alcohol motifs (C(OH)–C–C–N with tert-alkyl or cyclic N) is 1. The van der Waals surface area contributed by atoms with Gasteiger partial charge in [-0.2, -0.15) is 0 Å². The van der Waals surface area contributed by atoms with Crippen LogP contribution in [0, 0.1) is 0 Å². The molecule has 1 heterocycles. The fourth-order valence-electron chi connectivity index (χ4n) is 2.08. The van der Waals surface area contributed by atoms with Crippen LogP contribution in [0.2, 0.25) is 0 Å². The summed E-state index contributed by atoms with van der Waals surface area (Å²) in [6.07, 6.45) is 1.09. The predicted molar refractivity (Wildman–Crippen MR) is 57.0 cm³/mol. The normalized spacial score (nSPS) is 15.6. The first-order valence-electron chi connectivity index (χ1n) is 5.10. The Morgan fingerprint density at radius 2 is 2.14 bits per heavy atom. The van der Waals surface area contributed by atoms with E-state index in [9.17, 15) is 0 Å². The van der Waals surface area contributed by atoms with Crippen molar-refractivity contribution in [1.29, 1.82) is 0 Å². The van der Waals surface area contributed by atoms with Crippen molar-refractivity contribution in [3.63, 3.8) is 0 Å². The topological polar surface area (TPSA) is 23.2 Å². The maximum absolute atomic E-state index is 8.93. The molecule has 0 fully saturated rings. The largest absolute Gasteiger partial charge is 0.390 e. The highest BCUT2D eigenvalue weighted by Gasteiger charge is 2.20. The van der Waals surface area contributed by atoms with E-state index in [1.807, 2.05) is 0 Å². The molecule has 0 aliphatic carbocycles. The number of aliphatic hydroxyl groups is 1. The van der Waals surface area contributed by atoms with E-state index in [2.05, 4.69) is 35.8 Å². The average molecular weight is 190 g/mol. The number of hydrogen-bond donors (Lipinski definition) is 1. The van der Waals surface area contributed by atoms with E-state index in [1.54, 1.807) is 0 Å². The van der Waals surface area contributed by atoms with Gasteiger partial charge in [0.2, 0.25) is 0 Å². The molecule has 2 rings (SSSR count). The molecule has 0 unspecified atom stereocenters. The minimum Gasteiger partial charge on any atom is -0.390 e. The van der Waals surface area contributed by atoms with E-state index in [1.165, 1.54) is 16.8 Å². The number of fused-ring (bicyclic) bond motifs is 1. The van der Waals surface area contributed by atoms with Crippen molar-refractivity contribution in [2.45, 2.75) is 13.3 Å². The molecule has 0 saturated heterocycles. The molecule has 1 aliphatic rings. The maximum atomic E-state index is 8.93. The number of rotatable bonds is 2. The smallest absolute Gasteiger partial charge is 0.180 e. The van der Waals surface area contributed by atoms with Crippen LogP contribution in [-0.2, 0) is 6.42 Å². The molecule has 0 atom stereocenters. The van der Waals surface area contributed by atoms with Crippen LogP contribution in [0.3, 0.4) is 0 Å². The summed E-state index contributed by atoms with van der Waals surface area (Å²) in [7, 11) is 0. The molecule has 74 valence electrons. The molecular weight excluding hydrogens is 174 g/mol. The van der Waals surface area contributed by atoms with Crippen molar-refractivity contribution in [2.75, 3.05) is 19.7 Å². The van der Waals surface area contributed by atoms with Crippen LogP contribution in [0.25, 0.3) is 0 Å². The molecule has 0 spiro atoms. The summed E-state index contributed by atoms with van der Waals surface area (Å²) < 4.78 is 2.25. The first-order chi connectivity index (χ1) is 6.83. The monoisotopic (exact) mass is 190 g/mol. The standard InChI is InChI=1S/C12H16NO/c1-10-12-5-3-2-4-11(12)6-7-13(10)8-9-14/h2-5,14H,6-9H2,1H3/q+1. The summed E-state index contributed by atoms with van der Waals surface area (Å²) in [6, 6.07) is 8.52. The lowest BCUT2D eigenvalue weighted by atomic mass is 9.98. The van der Waals surface area contributed by atoms with Crippen LogP contribution < -0.4 is 0 Å². The van der Waals surface area contributed by atoms with E-state index < -0.39 is 0 Å². The number of aliphatic hydroxyl groups excluding tert-OH is 1. The van der Waals surface area contributed by atoms with E-state index >= 15 is 0 Å². The fourth-order valence-corrected chi connectivity index (χ4v) is 2.08. The Kier molecular flexibility index (Phi) is 2.64. The summed E-state index contributed by atoms with van der Waals surface area (Å²) in [5.74, 6) is 0. The van der Waals surface area contributed by atoms with Crippen LogP contribution in [0.1, 0.15) is 18.1 Å². The van der Waals surface area contributed by atoms with Crippen LogP contribution in [0.4, 0.5) is 0 Å². The van der Waals surface area contributed by atoms with Crippen LogP contribution >= 0.6 is 0 Å². The van der Waals surface area contributed by atoms with Gasteiger partial charge in [0.25, 0.3) is 0 Å². The Bertz CT molecular complexity index is 368. The summed E-state index contributed by atoms with van der Waals surface area (Å²) in [6.45, 7) is 4.15. The molecule has 1 aliphatic heterocycles. The average Bonchev–Trinajstić information content (AvgIpc) is 2.23. The molecule has 1 aromatic rings. The summed E-state index contributed by atoms with van der Waals surface area (Å²) in [5, 5.41) is 8.93. The molecule has 1 aromatic carbocycles. The molecule has 0 saturated carbocycles. The van der Waals surface area contributed by atoms with Crippen molar-refractivity contribution in [1.82, 2.24) is 0 Å². The lowest BCUT2D eigenvalue weighted by molar-refractivity contribution is -0.531. The molecule has 0 bridgehead atoms. The zero-order valence-corrected chi connectivity index (χ0v) is 8.53. The maximum Gasteiger partial charge on any atom is 0.180 e. The van der Waals surface area contributed by atoms with Crippen molar-refractivity contribution in [3.05, 3.63) is 35.4 Å². The van der Waals surface area contributed by atoms with Crippen molar-refractivity contribution in [3.8, 4) is 0 Å². The van der Waals surface area contributed by atoms with Gasteiger partial charge in [-0.15, -0.1) is 0 Å². The second kappa shape index (κ2) is 3.93. The quantitative estimate of drug-likeness (QED) is 0.692. The number of benzene rings is 1. The Balaban J connectivity index is 2.40. The van der Waals surface area contributed by atoms with Gasteiger partial charge >= 0.3 is 0 Å². The molecule has 0 radical (unpaired) electrons. The second-order valence-electron chi connectivity index (χ2n) is 3.70. The van der Waals surface area contributed by atoms with Crippen LogP contribution in [0.5, 0.6) is 0 Å². The highest BCUT2D eigenvalue weighted by Crippen LogP contribution is 2.14. The molecule has 2 nitrogen and oxygen atoms in total. The van der Waals surface area contributed by atoms with Crippen LogP contribution in [0.15, 0.2) is 24.3 Å². The van der Waals surface area contributed by atoms with Crippen LogP contribution in [-0.4, -0.2) is 35.1 Å². The predicted octanol–water partition coefficient (Wildman–Crippen LogP) is 1.06. The first-order valence-corrected chi connectivity index (χ1v) is 5.10. The van der Waals surface area contributed by atoms with E-state index in [4.69, 9.17) is 5.11 Å². The van der Waals surface area contributed by atoms with Gasteiger partial charge in [-0.3, -0.25) is 0 Å².